The Kier molecular flexibility index (Phi) is 4.00. The van der Waals surface area contributed by atoms with E-state index in [4.69, 9.17) is 4.74 Å². The van der Waals surface area contributed by atoms with Crippen LogP contribution in [0.2, 0.25) is 0 Å². The highest BCUT2D eigenvalue weighted by molar-refractivity contribution is 7.09. The zero-order chi connectivity index (χ0) is 16.5. The minimum Gasteiger partial charge on any atom is -0.377 e. The van der Waals surface area contributed by atoms with Crippen LogP contribution in [0, 0.1) is 6.92 Å². The van der Waals surface area contributed by atoms with Crippen LogP contribution in [-0.4, -0.2) is 40.5 Å². The lowest BCUT2D eigenvalue weighted by Gasteiger charge is -2.34. The molecular formula is C18H17N3O2S. The number of carbonyl (C=O) groups excluding carboxylic acids is 1. The molecule has 1 fully saturated rings. The lowest BCUT2D eigenvalue weighted by atomic mass is 10.1. The Balaban J connectivity index is 1.67. The summed E-state index contributed by atoms with van der Waals surface area (Å²) in [4.78, 5) is 23.8. The van der Waals surface area contributed by atoms with Crippen molar-refractivity contribution in [2.75, 3.05) is 19.8 Å². The van der Waals surface area contributed by atoms with Gasteiger partial charge in [-0.25, -0.2) is 4.98 Å². The van der Waals surface area contributed by atoms with Gasteiger partial charge in [-0.15, -0.1) is 11.3 Å². The van der Waals surface area contributed by atoms with E-state index in [0.29, 0.717) is 25.3 Å². The largest absolute Gasteiger partial charge is 0.377 e. The third-order valence-electron chi connectivity index (χ3n) is 4.20. The summed E-state index contributed by atoms with van der Waals surface area (Å²) in [6, 6.07) is 9.58. The molecule has 1 atom stereocenters. The molecule has 0 spiro atoms. The van der Waals surface area contributed by atoms with Crippen molar-refractivity contribution in [1.29, 1.82) is 0 Å². The zero-order valence-electron chi connectivity index (χ0n) is 13.3. The maximum absolute atomic E-state index is 13.0. The highest BCUT2D eigenvalue weighted by atomic mass is 32.1. The van der Waals surface area contributed by atoms with E-state index in [9.17, 15) is 4.79 Å². The van der Waals surface area contributed by atoms with Gasteiger partial charge < -0.3 is 9.64 Å². The average molecular weight is 339 g/mol. The third-order valence-corrected chi connectivity index (χ3v) is 5.00. The molecule has 1 aliphatic heterocycles. The number of morpholine rings is 1. The molecule has 3 heterocycles. The number of para-hydroxylation sites is 1. The molecule has 0 saturated carbocycles. The standard InChI is InChI=1S/C18H17N3O2S/c1-12-20-16(11-24-12)17-10-23-7-6-21(17)18(22)14-8-13-4-2-3-5-15(13)19-9-14/h2-5,8-9,11,17H,6-7,10H2,1H3. The smallest absolute Gasteiger partial charge is 0.256 e. The molecule has 1 amide bonds. The first-order chi connectivity index (χ1) is 11.7. The second-order valence-corrected chi connectivity index (χ2v) is 6.86. The lowest BCUT2D eigenvalue weighted by molar-refractivity contribution is -0.00377. The van der Waals surface area contributed by atoms with Crippen LogP contribution in [0.4, 0.5) is 0 Å². The van der Waals surface area contributed by atoms with Gasteiger partial charge in [0.1, 0.15) is 0 Å². The third kappa shape index (κ3) is 2.79. The van der Waals surface area contributed by atoms with Crippen molar-refractivity contribution in [3.05, 3.63) is 58.2 Å². The number of nitrogens with zero attached hydrogens (tertiary/aromatic N) is 3. The van der Waals surface area contributed by atoms with Crippen molar-refractivity contribution in [3.63, 3.8) is 0 Å². The van der Waals surface area contributed by atoms with Crippen LogP contribution in [0.25, 0.3) is 10.9 Å². The molecule has 4 rings (SSSR count). The molecule has 1 aromatic carbocycles. The summed E-state index contributed by atoms with van der Waals surface area (Å²) in [5.74, 6) is -0.0211. The van der Waals surface area contributed by atoms with E-state index in [2.05, 4.69) is 9.97 Å². The van der Waals surface area contributed by atoms with Crippen LogP contribution >= 0.6 is 11.3 Å². The molecule has 6 heteroatoms. The number of aromatic nitrogens is 2. The predicted octanol–water partition coefficient (Wildman–Crippen LogP) is 3.21. The SMILES string of the molecule is Cc1nc(C2COCCN2C(=O)c2cnc3ccccc3c2)cs1. The number of pyridine rings is 1. The van der Waals surface area contributed by atoms with Crippen LogP contribution in [0.3, 0.4) is 0 Å². The predicted molar refractivity (Wildman–Crippen MR) is 93.2 cm³/mol. The second-order valence-electron chi connectivity index (χ2n) is 5.80. The fraction of sp³-hybridized carbons (Fsp3) is 0.278. The molecule has 122 valence electrons. The van der Waals surface area contributed by atoms with Gasteiger partial charge in [0.2, 0.25) is 0 Å². The Labute approximate surface area is 143 Å². The number of aryl methyl sites for hydroxylation is 1. The topological polar surface area (TPSA) is 55.3 Å². The van der Waals surface area contributed by atoms with Crippen molar-refractivity contribution in [3.8, 4) is 0 Å². The number of ether oxygens (including phenoxy) is 1. The number of hydrogen-bond acceptors (Lipinski definition) is 5. The first-order valence-electron chi connectivity index (χ1n) is 7.88. The van der Waals surface area contributed by atoms with Crippen LogP contribution in [0.5, 0.6) is 0 Å². The number of fused-ring (bicyclic) bond motifs is 1. The van der Waals surface area contributed by atoms with E-state index in [-0.39, 0.29) is 11.9 Å². The number of amides is 1. The molecule has 1 unspecified atom stereocenters. The average Bonchev–Trinajstić information content (AvgIpc) is 3.07. The van der Waals surface area contributed by atoms with Gasteiger partial charge in [-0.2, -0.15) is 0 Å². The summed E-state index contributed by atoms with van der Waals surface area (Å²) in [5.41, 5.74) is 2.40. The van der Waals surface area contributed by atoms with Crippen LogP contribution in [-0.2, 0) is 4.74 Å². The molecule has 1 saturated heterocycles. The normalized spacial score (nSPS) is 18.0. The number of carbonyl (C=O) groups is 1. The summed E-state index contributed by atoms with van der Waals surface area (Å²) in [6.45, 7) is 3.56. The Morgan fingerprint density at radius 1 is 1.38 bits per heavy atom. The quantitative estimate of drug-likeness (QED) is 0.719. The Morgan fingerprint density at radius 2 is 2.25 bits per heavy atom. The van der Waals surface area contributed by atoms with Crippen LogP contribution in [0.15, 0.2) is 41.9 Å². The zero-order valence-corrected chi connectivity index (χ0v) is 14.1. The minimum absolute atomic E-state index is 0.0211. The van der Waals surface area contributed by atoms with Gasteiger partial charge >= 0.3 is 0 Å². The molecule has 0 N–H and O–H groups in total. The summed E-state index contributed by atoms with van der Waals surface area (Å²) in [5, 5.41) is 3.97. The molecular weight excluding hydrogens is 322 g/mol. The molecule has 0 radical (unpaired) electrons. The monoisotopic (exact) mass is 339 g/mol. The molecule has 1 aliphatic rings. The molecule has 3 aromatic rings. The highest BCUT2D eigenvalue weighted by Crippen LogP contribution is 2.27. The Hall–Kier alpha value is -2.31. The van der Waals surface area contributed by atoms with E-state index in [0.717, 1.165) is 21.6 Å². The molecule has 0 bridgehead atoms. The van der Waals surface area contributed by atoms with E-state index < -0.39 is 0 Å². The van der Waals surface area contributed by atoms with E-state index in [1.807, 2.05) is 47.5 Å². The van der Waals surface area contributed by atoms with Gasteiger partial charge in [-0.1, -0.05) is 18.2 Å². The van der Waals surface area contributed by atoms with Crippen molar-refractivity contribution in [1.82, 2.24) is 14.9 Å². The van der Waals surface area contributed by atoms with Crippen molar-refractivity contribution in [2.45, 2.75) is 13.0 Å². The van der Waals surface area contributed by atoms with E-state index in [1.165, 1.54) is 0 Å². The van der Waals surface area contributed by atoms with Gasteiger partial charge in [-0.3, -0.25) is 9.78 Å². The summed E-state index contributed by atoms with van der Waals surface area (Å²) in [6.07, 6.45) is 1.66. The van der Waals surface area contributed by atoms with Crippen molar-refractivity contribution in [2.24, 2.45) is 0 Å². The number of benzene rings is 1. The molecule has 2 aromatic heterocycles. The van der Waals surface area contributed by atoms with Gasteiger partial charge in [-0.05, 0) is 19.1 Å². The van der Waals surface area contributed by atoms with Crippen LogP contribution in [0.1, 0.15) is 27.1 Å². The first-order valence-corrected chi connectivity index (χ1v) is 8.76. The molecule has 24 heavy (non-hydrogen) atoms. The van der Waals surface area contributed by atoms with E-state index in [1.54, 1.807) is 17.5 Å². The maximum atomic E-state index is 13.0. The second kappa shape index (κ2) is 6.30. The number of rotatable bonds is 2. The molecule has 0 aliphatic carbocycles. The Bertz CT molecular complexity index is 893. The maximum Gasteiger partial charge on any atom is 0.256 e. The van der Waals surface area contributed by atoms with Gasteiger partial charge in [0, 0.05) is 23.5 Å². The lowest BCUT2D eigenvalue weighted by Crippen LogP contribution is -2.43. The fourth-order valence-electron chi connectivity index (χ4n) is 2.98. The number of thiazole rings is 1. The van der Waals surface area contributed by atoms with Crippen molar-refractivity contribution >= 4 is 28.1 Å². The summed E-state index contributed by atoms with van der Waals surface area (Å²) >= 11 is 1.59. The fourth-order valence-corrected chi connectivity index (χ4v) is 3.64. The van der Waals surface area contributed by atoms with Gasteiger partial charge in [0.05, 0.1) is 41.0 Å². The Morgan fingerprint density at radius 3 is 3.08 bits per heavy atom. The highest BCUT2D eigenvalue weighted by Gasteiger charge is 2.31. The minimum atomic E-state index is -0.136. The first kappa shape index (κ1) is 15.2. The van der Waals surface area contributed by atoms with E-state index >= 15 is 0 Å². The summed E-state index contributed by atoms with van der Waals surface area (Å²) < 4.78 is 5.59. The van der Waals surface area contributed by atoms with Gasteiger partial charge in [0.25, 0.3) is 5.91 Å². The number of hydrogen-bond donors (Lipinski definition) is 0. The molecule has 5 nitrogen and oxygen atoms in total. The van der Waals surface area contributed by atoms with Crippen LogP contribution < -0.4 is 0 Å². The van der Waals surface area contributed by atoms with Gasteiger partial charge in [0.15, 0.2) is 0 Å². The summed E-state index contributed by atoms with van der Waals surface area (Å²) in [7, 11) is 0. The van der Waals surface area contributed by atoms with Crippen molar-refractivity contribution < 1.29 is 9.53 Å².